The lowest BCUT2D eigenvalue weighted by Crippen LogP contribution is -2.60. The predicted octanol–water partition coefficient (Wildman–Crippen LogP) is -2.03. The predicted molar refractivity (Wildman–Crippen MR) is 211 cm³/mol. The Morgan fingerprint density at radius 3 is 2.08 bits per heavy atom. The van der Waals surface area contributed by atoms with Gasteiger partial charge in [-0.1, -0.05) is 70.5 Å². The molecule has 3 aliphatic rings. The first kappa shape index (κ1) is 44.4. The minimum atomic E-state index is -1.79. The summed E-state index contributed by atoms with van der Waals surface area (Å²) in [6.07, 6.45) is -1.86. The second-order valence-corrected chi connectivity index (χ2v) is 16.2. The molecule has 3 aliphatic heterocycles. The van der Waals surface area contributed by atoms with E-state index in [9.17, 15) is 53.4 Å². The summed E-state index contributed by atoms with van der Waals surface area (Å²) in [6.45, 7) is 5.30. The summed E-state index contributed by atoms with van der Waals surface area (Å²) in [4.78, 5) is 127. The first-order valence-electron chi connectivity index (χ1n) is 19.5. The van der Waals surface area contributed by atoms with Crippen LogP contribution >= 0.6 is 11.8 Å². The smallest absolute Gasteiger partial charge is 0.305 e. The van der Waals surface area contributed by atoms with Crippen molar-refractivity contribution in [3.05, 3.63) is 29.8 Å². The van der Waals surface area contributed by atoms with Crippen molar-refractivity contribution < 1.29 is 53.4 Å². The van der Waals surface area contributed by atoms with E-state index in [1.165, 1.54) is 0 Å². The van der Waals surface area contributed by atoms with E-state index >= 15 is 0 Å². The van der Waals surface area contributed by atoms with Gasteiger partial charge in [0.05, 0.1) is 30.6 Å². The first-order valence-corrected chi connectivity index (χ1v) is 20.4. The molecule has 0 spiro atoms. The normalized spacial score (nSPS) is 27.9. The molecular formula is C38H51N9O11S. The lowest BCUT2D eigenvalue weighted by atomic mass is 9.96. The number of aliphatic hydroxyl groups excluding tert-OH is 1. The molecule has 10 N–H and O–H groups in total. The standard InChI is InChI=1S/C38H51N9O11S/c1-5-17(3)29-33(55)40-15-27(50)45-37-35(57)42-24(13-28(51)52)38(58)47-16-19(48)11-25(47)32(54)46-30(18(4)6-2)34(56)41-23(31(53)39-14-26(49)44-29)12-21-20-9-7-8-10-22(20)43-36(21)59-37/h7-10,17-19,23-25,29-30,37,43,48H,5-6,11-16H2,1-4H3,(H,39,53)(H,40,55)(H,41,56)(H,42,57)(H,44,49)(H,45,50)(H,46,54)(H,51,52)/t17-,18-,19+,23-,24?,25-,29-,30-,37-/m0/s1. The fourth-order valence-corrected chi connectivity index (χ4v) is 8.30. The van der Waals surface area contributed by atoms with Gasteiger partial charge in [0, 0.05) is 30.3 Å². The van der Waals surface area contributed by atoms with E-state index in [1.807, 2.05) is 0 Å². The zero-order valence-corrected chi connectivity index (χ0v) is 33.9. The van der Waals surface area contributed by atoms with Gasteiger partial charge in [0.25, 0.3) is 5.91 Å². The summed E-state index contributed by atoms with van der Waals surface area (Å²) in [5.41, 5.74) is 0.938. The maximum atomic E-state index is 14.3. The van der Waals surface area contributed by atoms with Crippen LogP contribution in [0.15, 0.2) is 29.3 Å². The number of aromatic nitrogens is 1. The lowest BCUT2D eigenvalue weighted by Gasteiger charge is -2.31. The Kier molecular flexibility index (Phi) is 14.6. The maximum absolute atomic E-state index is 14.3. The number of H-pyrrole nitrogens is 1. The number of aliphatic hydroxyl groups is 1. The van der Waals surface area contributed by atoms with Crippen LogP contribution in [0, 0.1) is 11.8 Å². The molecule has 21 heteroatoms. The third kappa shape index (κ3) is 10.7. The highest BCUT2D eigenvalue weighted by Crippen LogP contribution is 2.33. The molecule has 20 nitrogen and oxygen atoms in total. The number of rotatable bonds is 6. The lowest BCUT2D eigenvalue weighted by molar-refractivity contribution is -0.146. The van der Waals surface area contributed by atoms with Crippen molar-refractivity contribution in [1.29, 1.82) is 0 Å². The highest BCUT2D eigenvalue weighted by molar-refractivity contribution is 8.00. The number of nitrogens with zero attached hydrogens (tertiary/aromatic N) is 1. The van der Waals surface area contributed by atoms with Crippen LogP contribution in [0.2, 0.25) is 0 Å². The number of thioether (sulfide) groups is 1. The van der Waals surface area contributed by atoms with Crippen molar-refractivity contribution in [2.45, 2.75) is 107 Å². The van der Waals surface area contributed by atoms with Crippen LogP contribution < -0.4 is 37.2 Å². The molecule has 0 saturated carbocycles. The van der Waals surface area contributed by atoms with E-state index < -0.39 is 133 Å². The van der Waals surface area contributed by atoms with E-state index in [4.69, 9.17) is 0 Å². The number of hydrogen-bond donors (Lipinski definition) is 10. The SMILES string of the molecule is CC[C@H](C)[C@@H]1NC(=O)CNC(=O)[C@@H]2Cc3c([nH]c4ccccc34)S[C@H](NC(=O)CNC1=O)C(=O)NC(CC(=O)O)C(=O)N1C[C@H](O)C[C@H]1C(=O)N[C@@H]([C@@H](C)CC)C(=O)N2. The molecule has 0 radical (unpaired) electrons. The largest absolute Gasteiger partial charge is 0.481 e. The summed E-state index contributed by atoms with van der Waals surface area (Å²) >= 11 is 0.757. The molecule has 0 aliphatic carbocycles. The number of aliphatic carboxylic acids is 1. The van der Waals surface area contributed by atoms with E-state index in [1.54, 1.807) is 52.0 Å². The van der Waals surface area contributed by atoms with Crippen LogP contribution in [-0.4, -0.2) is 135 Å². The van der Waals surface area contributed by atoms with Crippen LogP contribution in [0.3, 0.4) is 0 Å². The van der Waals surface area contributed by atoms with Crippen molar-refractivity contribution in [3.63, 3.8) is 0 Å². The highest BCUT2D eigenvalue weighted by atomic mass is 32.2. The Hall–Kier alpha value is -5.70. The van der Waals surface area contributed by atoms with E-state index in [2.05, 4.69) is 42.2 Å². The van der Waals surface area contributed by atoms with E-state index in [0.29, 0.717) is 29.3 Å². The molecule has 9 atom stereocenters. The molecule has 1 unspecified atom stereocenters. The van der Waals surface area contributed by atoms with Gasteiger partial charge < -0.3 is 57.3 Å². The quantitative estimate of drug-likeness (QED) is 0.151. The van der Waals surface area contributed by atoms with Crippen LogP contribution in [0.4, 0.5) is 0 Å². The fourth-order valence-electron chi connectivity index (χ4n) is 7.19. The number of amides is 8. The van der Waals surface area contributed by atoms with Crippen LogP contribution in [0.5, 0.6) is 0 Å². The molecule has 2 aromatic rings. The van der Waals surface area contributed by atoms with Crippen molar-refractivity contribution in [2.24, 2.45) is 11.8 Å². The minimum Gasteiger partial charge on any atom is -0.481 e. The van der Waals surface area contributed by atoms with Crippen molar-refractivity contribution >= 4 is 75.9 Å². The number of hydrogen-bond acceptors (Lipinski definition) is 11. The molecule has 1 fully saturated rings. The van der Waals surface area contributed by atoms with Crippen molar-refractivity contribution in [3.8, 4) is 0 Å². The van der Waals surface area contributed by atoms with Crippen molar-refractivity contribution in [1.82, 2.24) is 47.1 Å². The number of carbonyl (C=O) groups is 9. The van der Waals surface area contributed by atoms with Crippen molar-refractivity contribution in [2.75, 3.05) is 19.6 Å². The third-order valence-corrected chi connectivity index (χ3v) is 12.0. The molecule has 4 heterocycles. The number of carboxylic acid groups (broad SMARTS) is 1. The second-order valence-electron chi connectivity index (χ2n) is 15.1. The van der Waals surface area contributed by atoms with Gasteiger partial charge in [0.15, 0.2) is 5.37 Å². The number of para-hydroxylation sites is 1. The van der Waals surface area contributed by atoms with Gasteiger partial charge in [0.1, 0.15) is 30.2 Å². The van der Waals surface area contributed by atoms with Gasteiger partial charge in [0.2, 0.25) is 41.4 Å². The summed E-state index contributed by atoms with van der Waals surface area (Å²) in [5, 5.41) is 37.6. The second kappa shape index (κ2) is 19.4. The van der Waals surface area contributed by atoms with Crippen LogP contribution in [-0.2, 0) is 49.6 Å². The third-order valence-electron chi connectivity index (χ3n) is 10.9. The van der Waals surface area contributed by atoms with Crippen LogP contribution in [0.1, 0.15) is 58.9 Å². The maximum Gasteiger partial charge on any atom is 0.305 e. The molecule has 2 bridgehead atoms. The minimum absolute atomic E-state index is 0.238. The first-order chi connectivity index (χ1) is 28.0. The molecule has 59 heavy (non-hydrogen) atoms. The monoisotopic (exact) mass is 841 g/mol. The van der Waals surface area contributed by atoms with Gasteiger partial charge >= 0.3 is 5.97 Å². The van der Waals surface area contributed by atoms with Crippen LogP contribution in [0.25, 0.3) is 10.9 Å². The number of fused-ring (bicyclic) bond motifs is 4. The summed E-state index contributed by atoms with van der Waals surface area (Å²) in [5.74, 6) is -9.24. The van der Waals surface area contributed by atoms with Gasteiger partial charge in [-0.25, -0.2) is 0 Å². The summed E-state index contributed by atoms with van der Waals surface area (Å²) in [7, 11) is 0. The Morgan fingerprint density at radius 1 is 0.797 bits per heavy atom. The molecule has 320 valence electrons. The number of benzene rings is 1. The van der Waals surface area contributed by atoms with Gasteiger partial charge in [-0.3, -0.25) is 43.2 Å². The average molecular weight is 842 g/mol. The summed E-state index contributed by atoms with van der Waals surface area (Å²) in [6, 6.07) is -0.113. The Labute approximate surface area is 343 Å². The zero-order valence-electron chi connectivity index (χ0n) is 33.1. The zero-order chi connectivity index (χ0) is 43.1. The van der Waals surface area contributed by atoms with Gasteiger partial charge in [-0.15, -0.1) is 0 Å². The molecule has 5 rings (SSSR count). The Balaban J connectivity index is 1.69. The number of aromatic amines is 1. The number of carboxylic acids is 1. The average Bonchev–Trinajstić information content (AvgIpc) is 3.76. The van der Waals surface area contributed by atoms with Gasteiger partial charge in [-0.05, 0) is 23.5 Å². The molecule has 1 aromatic carbocycles. The Morgan fingerprint density at radius 2 is 1.42 bits per heavy atom. The van der Waals surface area contributed by atoms with E-state index in [-0.39, 0.29) is 17.9 Å². The topological polar surface area (TPSA) is 297 Å². The number of carbonyl (C=O) groups excluding carboxylic acids is 8. The van der Waals surface area contributed by atoms with E-state index in [0.717, 1.165) is 16.7 Å². The van der Waals surface area contributed by atoms with Gasteiger partial charge in [-0.2, -0.15) is 0 Å². The fraction of sp³-hybridized carbons (Fsp3) is 0.553. The highest BCUT2D eigenvalue weighted by Gasteiger charge is 2.44. The molecule has 8 amide bonds. The number of nitrogens with one attached hydrogen (secondary N) is 8. The molecule has 1 aromatic heterocycles. The molecule has 1 saturated heterocycles. The Bertz CT molecular complexity index is 1990. The molecular weight excluding hydrogens is 791 g/mol. The summed E-state index contributed by atoms with van der Waals surface area (Å²) < 4.78 is 0.